The molecule has 0 saturated carbocycles. The summed E-state index contributed by atoms with van der Waals surface area (Å²) >= 11 is 3.34. The number of nitrogens with one attached hydrogen (secondary N) is 1. The van der Waals surface area contributed by atoms with E-state index in [4.69, 9.17) is 0 Å². The monoisotopic (exact) mass is 242 g/mol. The van der Waals surface area contributed by atoms with Crippen LogP contribution in [0.25, 0.3) is 0 Å². The van der Waals surface area contributed by atoms with Gasteiger partial charge in [0, 0.05) is 6.54 Å². The van der Waals surface area contributed by atoms with Crippen LogP contribution in [0.2, 0.25) is 0 Å². The molecule has 0 radical (unpaired) electrons. The van der Waals surface area contributed by atoms with Crippen molar-refractivity contribution in [2.24, 2.45) is 0 Å². The predicted octanol–water partition coefficient (Wildman–Crippen LogP) is 1.45. The van der Waals surface area contributed by atoms with E-state index in [-0.39, 0.29) is 5.78 Å². The molecule has 0 amide bonds. The van der Waals surface area contributed by atoms with Crippen molar-refractivity contribution in [1.29, 1.82) is 0 Å². The Morgan fingerprint density at radius 1 is 1.62 bits per heavy atom. The van der Waals surface area contributed by atoms with Crippen LogP contribution in [0, 0.1) is 0 Å². The van der Waals surface area contributed by atoms with Crippen LogP contribution in [0.5, 0.6) is 0 Å². The molecule has 13 heavy (non-hydrogen) atoms. The average Bonchev–Trinajstić information content (AvgIpc) is 2.38. The second-order valence-corrected chi connectivity index (χ2v) is 4.28. The third-order valence-electron chi connectivity index (χ3n) is 2.32. The molecule has 70 valence electrons. The summed E-state index contributed by atoms with van der Waals surface area (Å²) in [5, 5.41) is 0. The number of aromatic nitrogens is 1. The molecule has 0 unspecified atom stereocenters. The van der Waals surface area contributed by atoms with Gasteiger partial charge in [-0.15, -0.1) is 0 Å². The summed E-state index contributed by atoms with van der Waals surface area (Å²) in [6, 6.07) is 1.99. The van der Waals surface area contributed by atoms with Crippen LogP contribution in [-0.2, 0) is 6.42 Å². The topological polar surface area (TPSA) is 36.1 Å². The number of fused-ring (bicyclic) bond motifs is 1. The van der Waals surface area contributed by atoms with Gasteiger partial charge in [0.05, 0.1) is 16.8 Å². The summed E-state index contributed by atoms with van der Waals surface area (Å²) in [5.74, 6) is 0.181. The molecule has 3 nitrogen and oxygen atoms in total. The summed E-state index contributed by atoms with van der Waals surface area (Å²) in [6.45, 7) is 1.46. The van der Waals surface area contributed by atoms with E-state index >= 15 is 0 Å². The van der Waals surface area contributed by atoms with E-state index in [1.54, 1.807) is 0 Å². The van der Waals surface area contributed by atoms with Gasteiger partial charge in [0.1, 0.15) is 0 Å². The summed E-state index contributed by atoms with van der Waals surface area (Å²) in [6.07, 6.45) is 0.944. The SMILES string of the molecule is CN1CCc2cc(Br)[nH]c2C(=O)C1. The van der Waals surface area contributed by atoms with Crippen molar-refractivity contribution in [3.05, 3.63) is 21.9 Å². The molecule has 1 aromatic rings. The molecule has 0 saturated heterocycles. The Kier molecular flexibility index (Phi) is 2.26. The minimum Gasteiger partial charge on any atom is -0.347 e. The van der Waals surface area contributed by atoms with E-state index in [0.717, 1.165) is 28.8 Å². The molecular weight excluding hydrogens is 232 g/mol. The fraction of sp³-hybridized carbons (Fsp3) is 0.444. The number of halogens is 1. The Bertz CT molecular complexity index is 345. The predicted molar refractivity (Wildman–Crippen MR) is 54.0 cm³/mol. The second-order valence-electron chi connectivity index (χ2n) is 3.43. The number of likely N-dealkylation sites (N-methyl/N-ethyl adjacent to an activating group) is 1. The number of nitrogens with zero attached hydrogens (tertiary/aromatic N) is 1. The van der Waals surface area contributed by atoms with Crippen LogP contribution in [0.3, 0.4) is 0 Å². The highest BCUT2D eigenvalue weighted by Crippen LogP contribution is 2.19. The summed E-state index contributed by atoms with van der Waals surface area (Å²) < 4.78 is 0.899. The van der Waals surface area contributed by atoms with Crippen LogP contribution >= 0.6 is 15.9 Å². The minimum absolute atomic E-state index is 0.181. The molecule has 4 heteroatoms. The van der Waals surface area contributed by atoms with Crippen molar-refractivity contribution in [3.63, 3.8) is 0 Å². The van der Waals surface area contributed by atoms with Gasteiger partial charge in [-0.1, -0.05) is 0 Å². The van der Waals surface area contributed by atoms with Crippen LogP contribution < -0.4 is 0 Å². The molecule has 0 aromatic carbocycles. The molecule has 2 rings (SSSR count). The van der Waals surface area contributed by atoms with Crippen LogP contribution in [0.4, 0.5) is 0 Å². The third-order valence-corrected chi connectivity index (χ3v) is 2.75. The number of ketones is 1. The van der Waals surface area contributed by atoms with Gasteiger partial charge in [-0.05, 0) is 41.0 Å². The number of rotatable bonds is 0. The van der Waals surface area contributed by atoms with E-state index in [9.17, 15) is 4.79 Å². The minimum atomic E-state index is 0.181. The molecule has 0 spiro atoms. The van der Waals surface area contributed by atoms with E-state index in [0.29, 0.717) is 6.54 Å². The lowest BCUT2D eigenvalue weighted by atomic mass is 10.1. The van der Waals surface area contributed by atoms with Crippen LogP contribution in [0.1, 0.15) is 16.1 Å². The molecular formula is C9H11BrN2O. The standard InChI is InChI=1S/C9H11BrN2O/c1-12-3-2-6-4-8(10)11-9(6)7(13)5-12/h4,11H,2-3,5H2,1H3. The van der Waals surface area contributed by atoms with Gasteiger partial charge in [-0.2, -0.15) is 0 Å². The first kappa shape index (κ1) is 8.97. The lowest BCUT2D eigenvalue weighted by molar-refractivity contribution is 0.0949. The van der Waals surface area contributed by atoms with Gasteiger partial charge in [0.25, 0.3) is 0 Å². The zero-order chi connectivity index (χ0) is 9.42. The maximum atomic E-state index is 11.6. The van der Waals surface area contributed by atoms with Crippen molar-refractivity contribution >= 4 is 21.7 Å². The lowest BCUT2D eigenvalue weighted by Gasteiger charge is -2.10. The van der Waals surface area contributed by atoms with Crippen LogP contribution in [0.15, 0.2) is 10.7 Å². The Morgan fingerprint density at radius 2 is 2.38 bits per heavy atom. The highest BCUT2D eigenvalue weighted by atomic mass is 79.9. The number of hydrogen-bond acceptors (Lipinski definition) is 2. The lowest BCUT2D eigenvalue weighted by Crippen LogP contribution is -2.25. The Morgan fingerprint density at radius 3 is 3.15 bits per heavy atom. The fourth-order valence-electron chi connectivity index (χ4n) is 1.62. The quantitative estimate of drug-likeness (QED) is 0.748. The second kappa shape index (κ2) is 3.27. The number of carbonyl (C=O) groups excluding carboxylic acids is 1. The largest absolute Gasteiger partial charge is 0.347 e. The molecule has 1 N–H and O–H groups in total. The Labute approximate surface area is 85.2 Å². The zero-order valence-corrected chi connectivity index (χ0v) is 9.02. The van der Waals surface area contributed by atoms with Crippen LogP contribution in [-0.4, -0.2) is 35.8 Å². The van der Waals surface area contributed by atoms with Crippen molar-refractivity contribution in [3.8, 4) is 0 Å². The van der Waals surface area contributed by atoms with Crippen molar-refractivity contribution in [2.75, 3.05) is 20.1 Å². The van der Waals surface area contributed by atoms with Gasteiger partial charge >= 0.3 is 0 Å². The highest BCUT2D eigenvalue weighted by Gasteiger charge is 2.20. The average molecular weight is 243 g/mol. The van der Waals surface area contributed by atoms with Gasteiger partial charge in [0.15, 0.2) is 5.78 Å². The van der Waals surface area contributed by atoms with E-state index in [1.165, 1.54) is 0 Å². The van der Waals surface area contributed by atoms with Crippen molar-refractivity contribution in [1.82, 2.24) is 9.88 Å². The zero-order valence-electron chi connectivity index (χ0n) is 7.43. The molecule has 0 atom stereocenters. The van der Waals surface area contributed by atoms with Gasteiger partial charge in [-0.3, -0.25) is 9.69 Å². The summed E-state index contributed by atoms with van der Waals surface area (Å²) in [7, 11) is 1.97. The van der Waals surface area contributed by atoms with Crippen molar-refractivity contribution in [2.45, 2.75) is 6.42 Å². The number of hydrogen-bond donors (Lipinski definition) is 1. The number of aromatic amines is 1. The maximum absolute atomic E-state index is 11.6. The van der Waals surface area contributed by atoms with E-state index in [1.807, 2.05) is 18.0 Å². The third kappa shape index (κ3) is 1.69. The van der Waals surface area contributed by atoms with E-state index in [2.05, 4.69) is 20.9 Å². The Hall–Kier alpha value is -0.610. The fourth-order valence-corrected chi connectivity index (χ4v) is 2.10. The maximum Gasteiger partial charge on any atom is 0.193 e. The highest BCUT2D eigenvalue weighted by molar-refractivity contribution is 9.10. The summed E-state index contributed by atoms with van der Waals surface area (Å²) in [4.78, 5) is 16.7. The molecule has 1 aromatic heterocycles. The van der Waals surface area contributed by atoms with Crippen molar-refractivity contribution < 1.29 is 4.79 Å². The van der Waals surface area contributed by atoms with Gasteiger partial charge in [0.2, 0.25) is 0 Å². The first-order chi connectivity index (χ1) is 6.16. The number of carbonyl (C=O) groups is 1. The number of H-pyrrole nitrogens is 1. The molecule has 2 heterocycles. The molecule has 0 aliphatic carbocycles. The van der Waals surface area contributed by atoms with Gasteiger partial charge in [-0.25, -0.2) is 0 Å². The normalized spacial score (nSPS) is 18.5. The number of Topliss-reactive ketones (excluding diaryl/α,β-unsaturated/α-hetero) is 1. The molecule has 1 aliphatic heterocycles. The summed E-state index contributed by atoms with van der Waals surface area (Å²) in [5.41, 5.74) is 1.90. The van der Waals surface area contributed by atoms with E-state index < -0.39 is 0 Å². The molecule has 0 fully saturated rings. The van der Waals surface area contributed by atoms with Gasteiger partial charge < -0.3 is 4.98 Å². The first-order valence-corrected chi connectivity index (χ1v) is 5.05. The smallest absolute Gasteiger partial charge is 0.193 e. The first-order valence-electron chi connectivity index (χ1n) is 4.26. The Balaban J connectivity index is 2.39. The molecule has 0 bridgehead atoms. The molecule has 1 aliphatic rings.